The molecule has 4 rings (SSSR count). The van der Waals surface area contributed by atoms with Gasteiger partial charge >= 0.3 is 5.97 Å². The van der Waals surface area contributed by atoms with Gasteiger partial charge in [0.05, 0.1) is 22.2 Å². The van der Waals surface area contributed by atoms with Gasteiger partial charge in [0.1, 0.15) is 11.6 Å². The minimum absolute atomic E-state index is 0.0538. The lowest BCUT2D eigenvalue weighted by Crippen LogP contribution is -2.13. The second kappa shape index (κ2) is 11.1. The minimum atomic E-state index is -0.553. The van der Waals surface area contributed by atoms with Crippen LogP contribution >= 0.6 is 23.2 Å². The van der Waals surface area contributed by atoms with Gasteiger partial charge in [-0.3, -0.25) is 4.79 Å². The number of esters is 1. The Bertz CT molecular complexity index is 1520. The summed E-state index contributed by atoms with van der Waals surface area (Å²) in [5, 5.41) is 14.3. The molecule has 1 aromatic heterocycles. The van der Waals surface area contributed by atoms with Crippen molar-refractivity contribution in [3.63, 3.8) is 0 Å². The van der Waals surface area contributed by atoms with E-state index in [1.807, 2.05) is 53.2 Å². The molecule has 8 heteroatoms. The van der Waals surface area contributed by atoms with E-state index in [4.69, 9.17) is 27.9 Å². The number of fused-ring (bicyclic) bond motifs is 1. The summed E-state index contributed by atoms with van der Waals surface area (Å²) in [5.74, 6) is -0.993. The number of carbonyl (C=O) groups is 2. The van der Waals surface area contributed by atoms with Crippen LogP contribution in [0.25, 0.3) is 17.0 Å². The number of nitrogens with zero attached hydrogens (tertiary/aromatic N) is 2. The SMILES string of the molecule is CCOC(=O)c1ccc(NC(=O)/C(C#N)=C/c2cn(Cc3ccc(Cl)c(Cl)c3)c3ccccc23)cc1. The summed E-state index contributed by atoms with van der Waals surface area (Å²) in [5.41, 5.74) is 3.42. The number of anilines is 1. The second-order valence-electron chi connectivity index (χ2n) is 7.90. The zero-order valence-electron chi connectivity index (χ0n) is 19.3. The van der Waals surface area contributed by atoms with Crippen molar-refractivity contribution in [3.05, 3.63) is 105 Å². The molecular weight excluding hydrogens is 497 g/mol. The molecule has 1 heterocycles. The number of nitrogens with one attached hydrogen (secondary N) is 1. The van der Waals surface area contributed by atoms with Crippen LogP contribution in [0.3, 0.4) is 0 Å². The third-order valence-electron chi connectivity index (χ3n) is 5.48. The predicted molar refractivity (Wildman–Crippen MR) is 142 cm³/mol. The van der Waals surface area contributed by atoms with Gasteiger partial charge in [0.25, 0.3) is 5.91 Å². The van der Waals surface area contributed by atoms with E-state index in [1.165, 1.54) is 0 Å². The maximum atomic E-state index is 12.8. The largest absolute Gasteiger partial charge is 0.462 e. The average molecular weight is 518 g/mol. The average Bonchev–Trinajstić information content (AvgIpc) is 3.22. The Balaban J connectivity index is 1.59. The zero-order chi connectivity index (χ0) is 25.7. The summed E-state index contributed by atoms with van der Waals surface area (Å²) in [4.78, 5) is 24.7. The van der Waals surface area contributed by atoms with Crippen molar-refractivity contribution in [2.75, 3.05) is 11.9 Å². The van der Waals surface area contributed by atoms with Crippen molar-refractivity contribution in [3.8, 4) is 6.07 Å². The van der Waals surface area contributed by atoms with Crippen molar-refractivity contribution in [2.45, 2.75) is 13.5 Å². The fraction of sp³-hybridized carbons (Fsp3) is 0.107. The lowest BCUT2D eigenvalue weighted by Gasteiger charge is -2.07. The normalized spacial score (nSPS) is 11.2. The Kier molecular flexibility index (Phi) is 7.74. The number of nitriles is 1. The first-order valence-electron chi connectivity index (χ1n) is 11.1. The number of ether oxygens (including phenoxy) is 1. The summed E-state index contributed by atoms with van der Waals surface area (Å²) in [6, 6.07) is 21.5. The number of para-hydroxylation sites is 1. The molecule has 4 aromatic rings. The molecule has 1 amide bonds. The van der Waals surface area contributed by atoms with Crippen molar-refractivity contribution < 1.29 is 14.3 Å². The Morgan fingerprint density at radius 1 is 1.06 bits per heavy atom. The van der Waals surface area contributed by atoms with Gasteiger partial charge in [0.15, 0.2) is 0 Å². The minimum Gasteiger partial charge on any atom is -0.462 e. The van der Waals surface area contributed by atoms with E-state index < -0.39 is 11.9 Å². The first kappa shape index (κ1) is 25.1. The fourth-order valence-corrected chi connectivity index (χ4v) is 4.08. The number of rotatable bonds is 7. The molecule has 36 heavy (non-hydrogen) atoms. The molecule has 0 spiro atoms. The highest BCUT2D eigenvalue weighted by Crippen LogP contribution is 2.27. The molecule has 0 fully saturated rings. The molecular formula is C28H21Cl2N3O3. The van der Waals surface area contributed by atoms with Crippen LogP contribution in [-0.2, 0) is 16.1 Å². The smallest absolute Gasteiger partial charge is 0.338 e. The van der Waals surface area contributed by atoms with Gasteiger partial charge in [-0.1, -0.05) is 47.5 Å². The number of hydrogen-bond donors (Lipinski definition) is 1. The van der Waals surface area contributed by atoms with Crippen LogP contribution in [0.4, 0.5) is 5.69 Å². The summed E-state index contributed by atoms with van der Waals surface area (Å²) < 4.78 is 6.99. The highest BCUT2D eigenvalue weighted by atomic mass is 35.5. The number of amides is 1. The third-order valence-corrected chi connectivity index (χ3v) is 6.21. The zero-order valence-corrected chi connectivity index (χ0v) is 20.8. The van der Waals surface area contributed by atoms with Crippen molar-refractivity contribution in [2.24, 2.45) is 0 Å². The molecule has 0 bridgehead atoms. The molecule has 0 saturated carbocycles. The van der Waals surface area contributed by atoms with Crippen LogP contribution in [0.5, 0.6) is 0 Å². The Morgan fingerprint density at radius 3 is 2.50 bits per heavy atom. The molecule has 3 aromatic carbocycles. The highest BCUT2D eigenvalue weighted by molar-refractivity contribution is 6.42. The third kappa shape index (κ3) is 5.60. The van der Waals surface area contributed by atoms with Crippen LogP contribution in [0.2, 0.25) is 10.0 Å². The Labute approximate surface area is 218 Å². The van der Waals surface area contributed by atoms with Gasteiger partial charge < -0.3 is 14.6 Å². The number of hydrogen-bond acceptors (Lipinski definition) is 4. The van der Waals surface area contributed by atoms with Gasteiger partial charge in [0, 0.05) is 34.9 Å². The van der Waals surface area contributed by atoms with E-state index in [-0.39, 0.29) is 12.2 Å². The van der Waals surface area contributed by atoms with Gasteiger partial charge in [-0.2, -0.15) is 5.26 Å². The lowest BCUT2D eigenvalue weighted by atomic mass is 10.1. The van der Waals surface area contributed by atoms with Crippen LogP contribution in [0.15, 0.2) is 78.5 Å². The van der Waals surface area contributed by atoms with E-state index in [0.717, 1.165) is 22.0 Å². The fourth-order valence-electron chi connectivity index (χ4n) is 3.76. The Morgan fingerprint density at radius 2 is 1.81 bits per heavy atom. The maximum Gasteiger partial charge on any atom is 0.338 e. The quantitative estimate of drug-likeness (QED) is 0.167. The number of aromatic nitrogens is 1. The molecule has 0 atom stereocenters. The Hall–Kier alpha value is -4.05. The number of benzene rings is 3. The lowest BCUT2D eigenvalue weighted by molar-refractivity contribution is -0.112. The maximum absolute atomic E-state index is 12.8. The summed E-state index contributed by atoms with van der Waals surface area (Å²) in [6.07, 6.45) is 3.46. The van der Waals surface area contributed by atoms with Gasteiger partial charge in [-0.05, 0) is 61.0 Å². The van der Waals surface area contributed by atoms with Crippen LogP contribution < -0.4 is 5.32 Å². The van der Waals surface area contributed by atoms with E-state index in [1.54, 1.807) is 43.3 Å². The van der Waals surface area contributed by atoms with Gasteiger partial charge in [-0.15, -0.1) is 0 Å². The van der Waals surface area contributed by atoms with Crippen molar-refractivity contribution in [1.29, 1.82) is 5.26 Å². The highest BCUT2D eigenvalue weighted by Gasteiger charge is 2.14. The van der Waals surface area contributed by atoms with Gasteiger partial charge in [-0.25, -0.2) is 4.79 Å². The van der Waals surface area contributed by atoms with E-state index >= 15 is 0 Å². The van der Waals surface area contributed by atoms with E-state index in [2.05, 4.69) is 5.32 Å². The summed E-state index contributed by atoms with van der Waals surface area (Å²) in [6.45, 7) is 2.54. The molecule has 0 saturated heterocycles. The molecule has 6 nitrogen and oxygen atoms in total. The molecule has 0 aliphatic rings. The van der Waals surface area contributed by atoms with E-state index in [0.29, 0.717) is 27.8 Å². The van der Waals surface area contributed by atoms with Crippen LogP contribution in [-0.4, -0.2) is 23.1 Å². The monoisotopic (exact) mass is 517 g/mol. The van der Waals surface area contributed by atoms with E-state index in [9.17, 15) is 14.9 Å². The number of halogens is 2. The van der Waals surface area contributed by atoms with Crippen LogP contribution in [0.1, 0.15) is 28.4 Å². The molecule has 0 aliphatic carbocycles. The topological polar surface area (TPSA) is 84.1 Å². The van der Waals surface area contributed by atoms with Crippen LogP contribution in [0, 0.1) is 11.3 Å². The standard InChI is InChI=1S/C28H21Cl2N3O3/c1-2-36-28(35)19-8-10-22(11-9-19)32-27(34)20(15-31)14-21-17-33(26-6-4-3-5-23(21)26)16-18-7-12-24(29)25(30)13-18/h3-14,17H,2,16H2,1H3,(H,32,34)/b20-14+. The molecule has 1 N–H and O–H groups in total. The summed E-state index contributed by atoms with van der Waals surface area (Å²) in [7, 11) is 0. The molecule has 180 valence electrons. The molecule has 0 radical (unpaired) electrons. The molecule has 0 unspecified atom stereocenters. The van der Waals surface area contributed by atoms with Crippen molar-refractivity contribution >= 4 is 57.7 Å². The summed E-state index contributed by atoms with van der Waals surface area (Å²) >= 11 is 12.2. The van der Waals surface area contributed by atoms with Gasteiger partial charge in [0.2, 0.25) is 0 Å². The first-order valence-corrected chi connectivity index (χ1v) is 11.9. The predicted octanol–water partition coefficient (Wildman–Crippen LogP) is 6.72. The second-order valence-corrected chi connectivity index (χ2v) is 8.71. The number of carbonyl (C=O) groups excluding carboxylic acids is 2. The molecule has 0 aliphatic heterocycles. The van der Waals surface area contributed by atoms with Crippen molar-refractivity contribution in [1.82, 2.24) is 4.57 Å². The first-order chi connectivity index (χ1) is 17.4.